The smallest absolute Gasteiger partial charge is 0.246 e. The molecule has 4 nitrogen and oxygen atoms in total. The van der Waals surface area contributed by atoms with Gasteiger partial charge in [0.15, 0.2) is 0 Å². The van der Waals surface area contributed by atoms with Crippen LogP contribution in [0.2, 0.25) is 0 Å². The standard InChI is InChI=1S/C20H19BrIN3O/c1-12(13-7-5-4-6-8-13)17-18(21)15(22)11-23-19(17)24-14-9-16(26)25-20(2,3)10-14/h4-9,11H,1,10H2,2-3H3,(H,23,24)(H,25,26). The van der Waals surface area contributed by atoms with Crippen LogP contribution in [0.1, 0.15) is 31.4 Å². The zero-order chi connectivity index (χ0) is 18.9. The topological polar surface area (TPSA) is 54.0 Å². The van der Waals surface area contributed by atoms with Gasteiger partial charge >= 0.3 is 0 Å². The Balaban J connectivity index is 2.02. The van der Waals surface area contributed by atoms with E-state index in [0.29, 0.717) is 12.2 Å². The summed E-state index contributed by atoms with van der Waals surface area (Å²) in [6.45, 7) is 8.28. The average molecular weight is 524 g/mol. The maximum atomic E-state index is 12.0. The lowest BCUT2D eigenvalue weighted by Gasteiger charge is -2.31. The Kier molecular flexibility index (Phi) is 5.53. The highest BCUT2D eigenvalue weighted by atomic mass is 127. The molecule has 1 aliphatic heterocycles. The second-order valence-corrected chi connectivity index (χ2v) is 8.79. The summed E-state index contributed by atoms with van der Waals surface area (Å²) in [5.41, 5.74) is 3.32. The number of aromatic nitrogens is 1. The van der Waals surface area contributed by atoms with Gasteiger partial charge in [-0.3, -0.25) is 4.79 Å². The first-order valence-corrected chi connectivity index (χ1v) is 10.0. The molecule has 0 saturated heterocycles. The summed E-state index contributed by atoms with van der Waals surface area (Å²) in [6, 6.07) is 9.99. The number of nitrogens with zero attached hydrogens (tertiary/aromatic N) is 1. The summed E-state index contributed by atoms with van der Waals surface area (Å²) in [5, 5.41) is 6.30. The van der Waals surface area contributed by atoms with Gasteiger partial charge in [-0.1, -0.05) is 36.9 Å². The first kappa shape index (κ1) is 19.1. The maximum absolute atomic E-state index is 12.0. The van der Waals surface area contributed by atoms with Gasteiger partial charge in [0.1, 0.15) is 5.82 Å². The quantitative estimate of drug-likeness (QED) is 0.548. The maximum Gasteiger partial charge on any atom is 0.246 e. The summed E-state index contributed by atoms with van der Waals surface area (Å²) in [4.78, 5) is 16.5. The molecule has 0 bridgehead atoms. The number of halogens is 2. The second kappa shape index (κ2) is 7.52. The van der Waals surface area contributed by atoms with Crippen molar-refractivity contribution in [2.75, 3.05) is 5.32 Å². The fourth-order valence-electron chi connectivity index (χ4n) is 2.95. The molecule has 2 aromatic rings. The Morgan fingerprint density at radius 2 is 2.04 bits per heavy atom. The van der Waals surface area contributed by atoms with Crippen molar-refractivity contribution in [2.45, 2.75) is 25.8 Å². The number of hydrogen-bond acceptors (Lipinski definition) is 3. The first-order valence-electron chi connectivity index (χ1n) is 8.15. The van der Waals surface area contributed by atoms with Gasteiger partial charge in [-0.15, -0.1) is 0 Å². The number of anilines is 1. The van der Waals surface area contributed by atoms with E-state index in [1.54, 1.807) is 12.3 Å². The number of carbonyl (C=O) groups is 1. The van der Waals surface area contributed by atoms with E-state index in [1.165, 1.54) is 0 Å². The molecule has 0 radical (unpaired) electrons. The minimum atomic E-state index is -0.300. The lowest BCUT2D eigenvalue weighted by molar-refractivity contribution is -0.118. The molecule has 1 amide bonds. The Labute approximate surface area is 175 Å². The summed E-state index contributed by atoms with van der Waals surface area (Å²) in [7, 11) is 0. The molecule has 0 fully saturated rings. The molecule has 1 aromatic carbocycles. The molecule has 0 aliphatic carbocycles. The Bertz CT molecular complexity index is 907. The first-order chi connectivity index (χ1) is 12.3. The third-order valence-corrected chi connectivity index (χ3v) is 6.46. The van der Waals surface area contributed by atoms with Gasteiger partial charge in [0.05, 0.1) is 0 Å². The van der Waals surface area contributed by atoms with Crippen LogP contribution < -0.4 is 10.6 Å². The van der Waals surface area contributed by atoms with E-state index >= 15 is 0 Å². The highest BCUT2D eigenvalue weighted by Gasteiger charge is 2.27. The second-order valence-electron chi connectivity index (χ2n) is 6.83. The Hall–Kier alpha value is -1.67. The van der Waals surface area contributed by atoms with Gasteiger partial charge in [0, 0.05) is 43.5 Å². The molecule has 26 heavy (non-hydrogen) atoms. The van der Waals surface area contributed by atoms with Crippen molar-refractivity contribution in [1.29, 1.82) is 0 Å². The van der Waals surface area contributed by atoms with Crippen LogP contribution in [0.15, 0.2) is 59.4 Å². The van der Waals surface area contributed by atoms with Crippen LogP contribution in [0.25, 0.3) is 5.57 Å². The van der Waals surface area contributed by atoms with Crippen LogP contribution in [0.3, 0.4) is 0 Å². The summed E-state index contributed by atoms with van der Waals surface area (Å²) < 4.78 is 1.93. The van der Waals surface area contributed by atoms with Crippen molar-refractivity contribution >= 4 is 55.8 Å². The van der Waals surface area contributed by atoms with E-state index in [0.717, 1.165) is 30.4 Å². The highest BCUT2D eigenvalue weighted by Crippen LogP contribution is 2.37. The van der Waals surface area contributed by atoms with E-state index in [-0.39, 0.29) is 11.4 Å². The molecule has 6 heteroatoms. The molecular weight excluding hydrogens is 505 g/mol. The zero-order valence-electron chi connectivity index (χ0n) is 14.6. The van der Waals surface area contributed by atoms with E-state index < -0.39 is 0 Å². The van der Waals surface area contributed by atoms with Crippen LogP contribution in [0.4, 0.5) is 5.82 Å². The molecule has 2 N–H and O–H groups in total. The number of carbonyl (C=O) groups excluding carboxylic acids is 1. The Morgan fingerprint density at radius 3 is 2.69 bits per heavy atom. The van der Waals surface area contributed by atoms with Gasteiger partial charge in [0.2, 0.25) is 5.91 Å². The molecule has 1 aliphatic rings. The lowest BCUT2D eigenvalue weighted by Crippen LogP contribution is -2.46. The molecule has 3 rings (SSSR count). The molecule has 0 saturated carbocycles. The van der Waals surface area contributed by atoms with E-state index in [2.05, 4.69) is 60.7 Å². The third-order valence-electron chi connectivity index (χ3n) is 4.08. The minimum absolute atomic E-state index is 0.100. The van der Waals surface area contributed by atoms with Crippen molar-refractivity contribution < 1.29 is 4.79 Å². The van der Waals surface area contributed by atoms with Crippen molar-refractivity contribution in [3.05, 3.63) is 74.1 Å². The summed E-state index contributed by atoms with van der Waals surface area (Å²) in [6.07, 6.45) is 4.08. The van der Waals surface area contributed by atoms with Gasteiger partial charge in [0.25, 0.3) is 0 Å². The molecule has 0 atom stereocenters. The fourth-order valence-corrected chi connectivity index (χ4v) is 3.89. The minimum Gasteiger partial charge on any atom is -0.347 e. The van der Waals surface area contributed by atoms with Crippen molar-refractivity contribution in [3.8, 4) is 0 Å². The SMILES string of the molecule is C=C(c1ccccc1)c1c(NC2=CC(=O)NC(C)(C)C2)ncc(I)c1Br. The number of hydrogen-bond donors (Lipinski definition) is 2. The van der Waals surface area contributed by atoms with E-state index in [4.69, 9.17) is 0 Å². The molecule has 134 valence electrons. The molecular formula is C20H19BrIN3O. The van der Waals surface area contributed by atoms with Crippen LogP contribution in [-0.4, -0.2) is 16.4 Å². The number of nitrogens with one attached hydrogen (secondary N) is 2. The normalized spacial score (nSPS) is 15.8. The predicted octanol–water partition coefficient (Wildman–Crippen LogP) is 5.10. The van der Waals surface area contributed by atoms with Crippen LogP contribution in [-0.2, 0) is 4.79 Å². The number of rotatable bonds is 4. The van der Waals surface area contributed by atoms with Crippen molar-refractivity contribution in [1.82, 2.24) is 10.3 Å². The summed E-state index contributed by atoms with van der Waals surface area (Å²) >= 11 is 5.92. The van der Waals surface area contributed by atoms with Gasteiger partial charge < -0.3 is 10.6 Å². The predicted molar refractivity (Wildman–Crippen MR) is 118 cm³/mol. The van der Waals surface area contributed by atoms with Crippen molar-refractivity contribution in [2.24, 2.45) is 0 Å². The number of amides is 1. The van der Waals surface area contributed by atoms with Gasteiger partial charge in [-0.2, -0.15) is 0 Å². The average Bonchev–Trinajstić information content (AvgIpc) is 2.57. The van der Waals surface area contributed by atoms with Crippen LogP contribution in [0, 0.1) is 3.57 Å². The zero-order valence-corrected chi connectivity index (χ0v) is 18.3. The molecule has 0 unspecified atom stereocenters. The van der Waals surface area contributed by atoms with Gasteiger partial charge in [-0.25, -0.2) is 4.98 Å². The summed E-state index contributed by atoms with van der Waals surface area (Å²) in [5.74, 6) is 0.583. The van der Waals surface area contributed by atoms with Crippen LogP contribution in [0.5, 0.6) is 0 Å². The third kappa shape index (κ3) is 4.17. The number of benzene rings is 1. The number of pyridine rings is 1. The molecule has 0 spiro atoms. The van der Waals surface area contributed by atoms with Crippen molar-refractivity contribution in [3.63, 3.8) is 0 Å². The monoisotopic (exact) mass is 523 g/mol. The van der Waals surface area contributed by atoms with E-state index in [1.807, 2.05) is 44.2 Å². The highest BCUT2D eigenvalue weighted by molar-refractivity contribution is 14.1. The lowest BCUT2D eigenvalue weighted by atomic mass is 9.94. The van der Waals surface area contributed by atoms with Gasteiger partial charge in [-0.05, 0) is 63.5 Å². The molecule has 2 heterocycles. The largest absolute Gasteiger partial charge is 0.347 e. The van der Waals surface area contributed by atoms with E-state index in [9.17, 15) is 4.79 Å². The Morgan fingerprint density at radius 1 is 1.35 bits per heavy atom. The fraction of sp³-hybridized carbons (Fsp3) is 0.200. The molecule has 1 aromatic heterocycles. The van der Waals surface area contributed by atoms with Crippen LogP contribution >= 0.6 is 38.5 Å².